The maximum Gasteiger partial charge on any atom is 0.175 e. The van der Waals surface area contributed by atoms with E-state index in [1.807, 2.05) is 7.11 Å². The van der Waals surface area contributed by atoms with Crippen LogP contribution in [-0.4, -0.2) is 32.5 Å². The smallest absolute Gasteiger partial charge is 0.175 e. The van der Waals surface area contributed by atoms with Crippen LogP contribution in [0.4, 0.5) is 0 Å². The number of hydrogen-bond acceptors (Lipinski definition) is 4. The summed E-state index contributed by atoms with van der Waals surface area (Å²) in [5.74, 6) is 1.66. The molecule has 0 atom stereocenters. The Kier molecular flexibility index (Phi) is 4.72. The van der Waals surface area contributed by atoms with E-state index < -0.39 is 0 Å². The van der Waals surface area contributed by atoms with Gasteiger partial charge in [-0.2, -0.15) is 0 Å². The molecule has 1 aliphatic carbocycles. The predicted molar refractivity (Wildman–Crippen MR) is 85.0 cm³/mol. The topological polar surface area (TPSA) is 39.7 Å². The van der Waals surface area contributed by atoms with Crippen LogP contribution < -0.4 is 14.8 Å². The molecule has 116 valence electrons. The summed E-state index contributed by atoms with van der Waals surface area (Å²) in [6, 6.07) is 4.17. The second kappa shape index (κ2) is 6.55. The maximum atomic E-state index is 5.76. The molecular formula is C16H22BrNO3. The third kappa shape index (κ3) is 3.35. The standard InChI is InChI=1S/C16H22BrNO3/c1-19-16(4-2-5-16)11-18-10-12-8-13(17)15-14(9-12)20-6-3-7-21-15/h8-9,18H,2-7,10-11H2,1H3. The Labute approximate surface area is 134 Å². The van der Waals surface area contributed by atoms with Crippen molar-refractivity contribution in [2.45, 2.75) is 37.8 Å². The fourth-order valence-corrected chi connectivity index (χ4v) is 3.45. The van der Waals surface area contributed by atoms with Crippen LogP contribution in [0.1, 0.15) is 31.2 Å². The molecule has 4 nitrogen and oxygen atoms in total. The fourth-order valence-electron chi connectivity index (χ4n) is 2.85. The molecule has 0 radical (unpaired) electrons. The van der Waals surface area contributed by atoms with Crippen molar-refractivity contribution in [1.82, 2.24) is 5.32 Å². The van der Waals surface area contributed by atoms with Crippen LogP contribution in [0.15, 0.2) is 16.6 Å². The number of ether oxygens (including phenoxy) is 3. The van der Waals surface area contributed by atoms with Crippen molar-refractivity contribution in [3.8, 4) is 11.5 Å². The Morgan fingerprint density at radius 3 is 2.76 bits per heavy atom. The highest BCUT2D eigenvalue weighted by atomic mass is 79.9. The van der Waals surface area contributed by atoms with E-state index in [1.165, 1.54) is 12.0 Å². The summed E-state index contributed by atoms with van der Waals surface area (Å²) in [5, 5.41) is 3.50. The Hall–Kier alpha value is -0.780. The summed E-state index contributed by atoms with van der Waals surface area (Å²) in [7, 11) is 1.81. The van der Waals surface area contributed by atoms with Gasteiger partial charge in [0.15, 0.2) is 11.5 Å². The van der Waals surface area contributed by atoms with Gasteiger partial charge in [-0.3, -0.25) is 0 Å². The van der Waals surface area contributed by atoms with Crippen molar-refractivity contribution in [2.24, 2.45) is 0 Å². The molecule has 3 rings (SSSR count). The molecule has 0 amide bonds. The van der Waals surface area contributed by atoms with Crippen molar-refractivity contribution in [3.63, 3.8) is 0 Å². The Morgan fingerprint density at radius 2 is 2.05 bits per heavy atom. The summed E-state index contributed by atoms with van der Waals surface area (Å²) in [4.78, 5) is 0. The summed E-state index contributed by atoms with van der Waals surface area (Å²) < 4.78 is 18.1. The van der Waals surface area contributed by atoms with Gasteiger partial charge >= 0.3 is 0 Å². The molecule has 1 aromatic carbocycles. The molecule has 5 heteroatoms. The predicted octanol–water partition coefficient (Wildman–Crippen LogP) is 3.27. The molecule has 0 aromatic heterocycles. The van der Waals surface area contributed by atoms with Gasteiger partial charge < -0.3 is 19.5 Å². The lowest BCUT2D eigenvalue weighted by Gasteiger charge is -2.40. The average molecular weight is 356 g/mol. The van der Waals surface area contributed by atoms with Crippen molar-refractivity contribution in [3.05, 3.63) is 22.2 Å². The quantitative estimate of drug-likeness (QED) is 0.879. The molecule has 1 heterocycles. The van der Waals surface area contributed by atoms with Gasteiger partial charge in [-0.25, -0.2) is 0 Å². The number of methoxy groups -OCH3 is 1. The summed E-state index contributed by atoms with van der Waals surface area (Å²) in [6.45, 7) is 3.12. The zero-order valence-corrected chi connectivity index (χ0v) is 14.0. The van der Waals surface area contributed by atoms with Gasteiger partial charge in [0.25, 0.3) is 0 Å². The van der Waals surface area contributed by atoms with Gasteiger partial charge in [-0.1, -0.05) is 0 Å². The van der Waals surface area contributed by atoms with Gasteiger partial charge in [0, 0.05) is 26.6 Å². The first kappa shape index (κ1) is 15.1. The molecule has 1 aromatic rings. The molecule has 2 aliphatic rings. The second-order valence-electron chi connectivity index (χ2n) is 5.80. The Bertz CT molecular complexity index is 497. The second-order valence-corrected chi connectivity index (χ2v) is 6.65. The van der Waals surface area contributed by atoms with Crippen molar-refractivity contribution < 1.29 is 14.2 Å². The molecular weight excluding hydrogens is 334 g/mol. The minimum absolute atomic E-state index is 0.0581. The first-order valence-electron chi connectivity index (χ1n) is 7.56. The maximum absolute atomic E-state index is 5.76. The molecule has 1 aliphatic heterocycles. The normalized spacial score (nSPS) is 19.7. The Balaban J connectivity index is 1.63. The van der Waals surface area contributed by atoms with Gasteiger partial charge in [0.1, 0.15) is 0 Å². The van der Waals surface area contributed by atoms with E-state index in [2.05, 4.69) is 33.4 Å². The van der Waals surface area contributed by atoms with Gasteiger partial charge in [-0.15, -0.1) is 0 Å². The van der Waals surface area contributed by atoms with E-state index in [4.69, 9.17) is 14.2 Å². The van der Waals surface area contributed by atoms with Crippen LogP contribution in [0.2, 0.25) is 0 Å². The van der Waals surface area contributed by atoms with Crippen molar-refractivity contribution >= 4 is 15.9 Å². The van der Waals surface area contributed by atoms with Crippen molar-refractivity contribution in [1.29, 1.82) is 0 Å². The van der Waals surface area contributed by atoms with Gasteiger partial charge in [0.2, 0.25) is 0 Å². The fraction of sp³-hybridized carbons (Fsp3) is 0.625. The lowest BCUT2D eigenvalue weighted by Crippen LogP contribution is -2.47. The number of rotatable bonds is 5. The Morgan fingerprint density at radius 1 is 1.24 bits per heavy atom. The number of fused-ring (bicyclic) bond motifs is 1. The molecule has 0 spiro atoms. The summed E-state index contributed by atoms with van der Waals surface area (Å²) in [5.41, 5.74) is 1.25. The minimum atomic E-state index is 0.0581. The third-order valence-corrected chi connectivity index (χ3v) is 4.93. The zero-order chi connectivity index (χ0) is 14.7. The first-order chi connectivity index (χ1) is 10.2. The molecule has 21 heavy (non-hydrogen) atoms. The number of nitrogens with one attached hydrogen (secondary N) is 1. The van der Waals surface area contributed by atoms with Crippen LogP contribution in [0.25, 0.3) is 0 Å². The van der Waals surface area contributed by atoms with E-state index >= 15 is 0 Å². The number of halogens is 1. The highest BCUT2D eigenvalue weighted by molar-refractivity contribution is 9.10. The van der Waals surface area contributed by atoms with E-state index in [-0.39, 0.29) is 5.60 Å². The summed E-state index contributed by atoms with van der Waals surface area (Å²) >= 11 is 3.58. The van der Waals surface area contributed by atoms with E-state index in [1.54, 1.807) is 0 Å². The van der Waals surface area contributed by atoms with Crippen molar-refractivity contribution in [2.75, 3.05) is 26.9 Å². The lowest BCUT2D eigenvalue weighted by atomic mass is 9.80. The highest BCUT2D eigenvalue weighted by Crippen LogP contribution is 2.38. The summed E-state index contributed by atoms with van der Waals surface area (Å²) in [6.07, 6.45) is 4.50. The van der Waals surface area contributed by atoms with Crippen LogP contribution in [0.5, 0.6) is 11.5 Å². The molecule has 1 fully saturated rings. The molecule has 0 unspecified atom stereocenters. The minimum Gasteiger partial charge on any atom is -0.490 e. The monoisotopic (exact) mass is 355 g/mol. The lowest BCUT2D eigenvalue weighted by molar-refractivity contribution is -0.0695. The molecule has 1 saturated carbocycles. The first-order valence-corrected chi connectivity index (χ1v) is 8.36. The zero-order valence-electron chi connectivity index (χ0n) is 12.4. The number of benzene rings is 1. The van der Waals surface area contributed by atoms with E-state index in [9.17, 15) is 0 Å². The highest BCUT2D eigenvalue weighted by Gasteiger charge is 2.36. The average Bonchev–Trinajstić information content (AvgIpc) is 2.67. The van der Waals surface area contributed by atoms with Gasteiger partial charge in [-0.05, 0) is 52.9 Å². The van der Waals surface area contributed by atoms with Crippen LogP contribution in [0.3, 0.4) is 0 Å². The molecule has 0 saturated heterocycles. The molecule has 1 N–H and O–H groups in total. The van der Waals surface area contributed by atoms with Gasteiger partial charge in [0.05, 0.1) is 23.3 Å². The third-order valence-electron chi connectivity index (χ3n) is 4.34. The largest absolute Gasteiger partial charge is 0.490 e. The number of hydrogen-bond donors (Lipinski definition) is 1. The van der Waals surface area contributed by atoms with Crippen LogP contribution >= 0.6 is 15.9 Å². The van der Waals surface area contributed by atoms with Crippen LogP contribution in [0, 0.1) is 0 Å². The van der Waals surface area contributed by atoms with E-state index in [0.717, 1.165) is 48.3 Å². The van der Waals surface area contributed by atoms with E-state index in [0.29, 0.717) is 13.2 Å². The molecule has 0 bridgehead atoms. The SMILES string of the molecule is COC1(CNCc2cc(Br)c3c(c2)OCCCO3)CCC1. The van der Waals surface area contributed by atoms with Crippen LogP contribution in [-0.2, 0) is 11.3 Å².